The van der Waals surface area contributed by atoms with Gasteiger partial charge in [0, 0.05) is 0 Å². The number of allylic oxidation sites excluding steroid dienone is 2. The van der Waals surface area contributed by atoms with E-state index in [1.54, 1.807) is 32.4 Å². The van der Waals surface area contributed by atoms with Crippen LogP contribution in [0.15, 0.2) is 30.4 Å². The molecule has 3 nitrogen and oxygen atoms in total. The van der Waals surface area contributed by atoms with Crippen LogP contribution in [0.25, 0.3) is 0 Å². The topological polar surface area (TPSA) is 35.5 Å². The SMILES string of the molecule is COc1ccc(OC)c(C(=O)C=CC23CC4CC(CC(C4)C2)C3)c1. The highest BCUT2D eigenvalue weighted by Gasteiger charge is 2.49. The molecule has 4 bridgehead atoms. The quantitative estimate of drug-likeness (QED) is 0.583. The lowest BCUT2D eigenvalue weighted by Gasteiger charge is -2.55. The third kappa shape index (κ3) is 2.74. The van der Waals surface area contributed by atoms with Crippen LogP contribution in [-0.2, 0) is 0 Å². The molecule has 1 aromatic rings. The maximum Gasteiger partial charge on any atom is 0.189 e. The van der Waals surface area contributed by atoms with Gasteiger partial charge in [0.15, 0.2) is 5.78 Å². The summed E-state index contributed by atoms with van der Waals surface area (Å²) in [6.45, 7) is 0. The normalized spacial score (nSPS) is 33.8. The van der Waals surface area contributed by atoms with E-state index in [1.807, 2.05) is 6.07 Å². The summed E-state index contributed by atoms with van der Waals surface area (Å²) in [7, 11) is 3.21. The predicted molar refractivity (Wildman–Crippen MR) is 93.6 cm³/mol. The van der Waals surface area contributed by atoms with E-state index in [2.05, 4.69) is 6.08 Å². The minimum absolute atomic E-state index is 0.0153. The number of rotatable bonds is 5. The van der Waals surface area contributed by atoms with Gasteiger partial charge in [-0.2, -0.15) is 0 Å². The molecule has 1 aromatic carbocycles. The molecule has 0 amide bonds. The summed E-state index contributed by atoms with van der Waals surface area (Å²) < 4.78 is 10.6. The zero-order chi connectivity index (χ0) is 16.7. The first-order chi connectivity index (χ1) is 11.6. The van der Waals surface area contributed by atoms with Gasteiger partial charge in [0.1, 0.15) is 11.5 Å². The molecule has 0 unspecified atom stereocenters. The van der Waals surface area contributed by atoms with Crippen LogP contribution in [0.1, 0.15) is 48.9 Å². The van der Waals surface area contributed by atoms with Crippen LogP contribution < -0.4 is 9.47 Å². The summed E-state index contributed by atoms with van der Waals surface area (Å²) in [5.41, 5.74) is 0.856. The number of benzene rings is 1. The van der Waals surface area contributed by atoms with Crippen LogP contribution in [0.2, 0.25) is 0 Å². The first-order valence-electron chi connectivity index (χ1n) is 9.06. The van der Waals surface area contributed by atoms with E-state index < -0.39 is 0 Å². The number of ether oxygens (including phenoxy) is 2. The van der Waals surface area contributed by atoms with Gasteiger partial charge < -0.3 is 9.47 Å². The van der Waals surface area contributed by atoms with E-state index >= 15 is 0 Å². The van der Waals surface area contributed by atoms with E-state index in [4.69, 9.17) is 9.47 Å². The summed E-state index contributed by atoms with van der Waals surface area (Å²) in [5.74, 6) is 3.98. The Bertz CT molecular complexity index is 638. The molecule has 0 N–H and O–H groups in total. The Labute approximate surface area is 144 Å². The maximum absolute atomic E-state index is 12.8. The summed E-state index contributed by atoms with van der Waals surface area (Å²) in [5, 5.41) is 0. The predicted octanol–water partition coefficient (Wildman–Crippen LogP) is 4.66. The van der Waals surface area contributed by atoms with Crippen molar-refractivity contribution in [1.82, 2.24) is 0 Å². The highest BCUT2D eigenvalue weighted by atomic mass is 16.5. The summed E-state index contributed by atoms with van der Waals surface area (Å²) in [4.78, 5) is 12.8. The Morgan fingerprint density at radius 1 is 1.04 bits per heavy atom. The molecule has 128 valence electrons. The molecule has 0 aromatic heterocycles. The van der Waals surface area contributed by atoms with Gasteiger partial charge in [0.05, 0.1) is 19.8 Å². The van der Waals surface area contributed by atoms with Gasteiger partial charge in [-0.05, 0) is 86.0 Å². The average molecular weight is 326 g/mol. The number of methoxy groups -OCH3 is 2. The highest BCUT2D eigenvalue weighted by molar-refractivity contribution is 6.06. The molecule has 3 heteroatoms. The van der Waals surface area contributed by atoms with Crippen LogP contribution in [-0.4, -0.2) is 20.0 Å². The zero-order valence-electron chi connectivity index (χ0n) is 14.6. The first-order valence-corrected chi connectivity index (χ1v) is 9.06. The van der Waals surface area contributed by atoms with E-state index in [-0.39, 0.29) is 11.2 Å². The average Bonchev–Trinajstić information content (AvgIpc) is 2.58. The molecule has 4 saturated carbocycles. The molecule has 0 spiro atoms. The van der Waals surface area contributed by atoms with E-state index in [1.165, 1.54) is 38.5 Å². The molecule has 0 radical (unpaired) electrons. The molecule has 0 atom stereocenters. The van der Waals surface area contributed by atoms with E-state index in [0.717, 1.165) is 17.8 Å². The lowest BCUT2D eigenvalue weighted by molar-refractivity contribution is -0.0238. The number of carbonyl (C=O) groups is 1. The van der Waals surface area contributed by atoms with Gasteiger partial charge in [-0.15, -0.1) is 0 Å². The minimum atomic E-state index is 0.0153. The third-order valence-electron chi connectivity index (χ3n) is 6.35. The second kappa shape index (κ2) is 5.94. The molecule has 0 heterocycles. The van der Waals surface area contributed by atoms with Crippen molar-refractivity contribution in [3.8, 4) is 11.5 Å². The fourth-order valence-corrected chi connectivity index (χ4v) is 5.73. The smallest absolute Gasteiger partial charge is 0.189 e. The monoisotopic (exact) mass is 326 g/mol. The van der Waals surface area contributed by atoms with Gasteiger partial charge in [0.25, 0.3) is 0 Å². The molecular weight excluding hydrogens is 300 g/mol. The van der Waals surface area contributed by atoms with Crippen LogP contribution in [0.3, 0.4) is 0 Å². The Kier molecular flexibility index (Phi) is 3.90. The van der Waals surface area contributed by atoms with Crippen molar-refractivity contribution in [2.24, 2.45) is 23.2 Å². The molecule has 4 fully saturated rings. The fourth-order valence-electron chi connectivity index (χ4n) is 5.73. The molecule has 0 aliphatic heterocycles. The fraction of sp³-hybridized carbons (Fsp3) is 0.571. The molecule has 4 aliphatic carbocycles. The lowest BCUT2D eigenvalue weighted by Crippen LogP contribution is -2.45. The Balaban J connectivity index is 1.57. The maximum atomic E-state index is 12.8. The van der Waals surface area contributed by atoms with E-state index in [9.17, 15) is 4.79 Å². The van der Waals surface area contributed by atoms with Gasteiger partial charge in [-0.1, -0.05) is 6.08 Å². The zero-order valence-corrected chi connectivity index (χ0v) is 14.6. The largest absolute Gasteiger partial charge is 0.497 e. The van der Waals surface area contributed by atoms with Crippen molar-refractivity contribution in [3.63, 3.8) is 0 Å². The third-order valence-corrected chi connectivity index (χ3v) is 6.35. The molecule has 24 heavy (non-hydrogen) atoms. The van der Waals surface area contributed by atoms with E-state index in [0.29, 0.717) is 17.1 Å². The van der Waals surface area contributed by atoms with Crippen LogP contribution in [0, 0.1) is 23.2 Å². The van der Waals surface area contributed by atoms with Crippen LogP contribution in [0.5, 0.6) is 11.5 Å². The van der Waals surface area contributed by atoms with Crippen LogP contribution >= 0.6 is 0 Å². The van der Waals surface area contributed by atoms with Crippen molar-refractivity contribution in [1.29, 1.82) is 0 Å². The van der Waals surface area contributed by atoms with Crippen molar-refractivity contribution in [2.75, 3.05) is 14.2 Å². The Hall–Kier alpha value is -1.77. The number of hydrogen-bond acceptors (Lipinski definition) is 3. The second-order valence-corrected chi connectivity index (χ2v) is 8.04. The summed E-state index contributed by atoms with van der Waals surface area (Å²) in [6, 6.07) is 5.38. The van der Waals surface area contributed by atoms with Gasteiger partial charge in [-0.3, -0.25) is 4.79 Å². The number of ketones is 1. The van der Waals surface area contributed by atoms with Gasteiger partial charge in [-0.25, -0.2) is 0 Å². The highest BCUT2D eigenvalue weighted by Crippen LogP contribution is 2.60. The first kappa shape index (κ1) is 15.7. The van der Waals surface area contributed by atoms with Crippen molar-refractivity contribution >= 4 is 5.78 Å². The summed E-state index contributed by atoms with van der Waals surface area (Å²) in [6.07, 6.45) is 12.1. The Morgan fingerprint density at radius 2 is 1.67 bits per heavy atom. The molecule has 4 aliphatic rings. The standard InChI is InChI=1S/C21H26O3/c1-23-17-3-4-20(24-2)18(10-17)19(22)5-6-21-11-14-7-15(12-21)9-16(8-14)13-21/h3-6,10,14-16H,7-9,11-13H2,1-2H3. The van der Waals surface area contributed by atoms with Crippen LogP contribution in [0.4, 0.5) is 0 Å². The van der Waals surface area contributed by atoms with Gasteiger partial charge >= 0.3 is 0 Å². The summed E-state index contributed by atoms with van der Waals surface area (Å²) >= 11 is 0. The second-order valence-electron chi connectivity index (χ2n) is 8.04. The number of hydrogen-bond donors (Lipinski definition) is 0. The van der Waals surface area contributed by atoms with Crippen molar-refractivity contribution in [2.45, 2.75) is 38.5 Å². The number of carbonyl (C=O) groups excluding carboxylic acids is 1. The lowest BCUT2D eigenvalue weighted by atomic mass is 9.49. The molecular formula is C21H26O3. The van der Waals surface area contributed by atoms with Gasteiger partial charge in [0.2, 0.25) is 0 Å². The Morgan fingerprint density at radius 3 is 2.21 bits per heavy atom. The van der Waals surface area contributed by atoms with Crippen molar-refractivity contribution in [3.05, 3.63) is 35.9 Å². The molecule has 5 rings (SSSR count). The molecule has 0 saturated heterocycles. The minimum Gasteiger partial charge on any atom is -0.497 e. The van der Waals surface area contributed by atoms with Crippen molar-refractivity contribution < 1.29 is 14.3 Å².